The lowest BCUT2D eigenvalue weighted by Crippen LogP contribution is -2.42. The molecular weight excluding hydrogens is 228 g/mol. The van der Waals surface area contributed by atoms with E-state index in [-0.39, 0.29) is 5.91 Å². The first-order valence-electron chi connectivity index (χ1n) is 6.79. The number of aryl methyl sites for hydroxylation is 1. The van der Waals surface area contributed by atoms with Crippen LogP contribution in [0.1, 0.15) is 48.7 Å². The van der Waals surface area contributed by atoms with Crippen LogP contribution in [0.5, 0.6) is 0 Å². The molecular formula is C14H22N2O2. The largest absolute Gasteiger partial charge is 0.469 e. The zero-order valence-electron chi connectivity index (χ0n) is 11.2. The van der Waals surface area contributed by atoms with Crippen molar-refractivity contribution in [3.05, 3.63) is 23.7 Å². The molecule has 1 amide bonds. The second-order valence-electron chi connectivity index (χ2n) is 4.97. The molecule has 0 spiro atoms. The SMILES string of the molecule is CCNC1CCC(NC(=O)c2ccoc2C)CC1. The quantitative estimate of drug-likeness (QED) is 0.861. The molecule has 1 saturated carbocycles. The summed E-state index contributed by atoms with van der Waals surface area (Å²) in [5.41, 5.74) is 0.656. The van der Waals surface area contributed by atoms with Crippen LogP contribution < -0.4 is 10.6 Å². The van der Waals surface area contributed by atoms with Gasteiger partial charge in [-0.1, -0.05) is 6.92 Å². The molecule has 0 radical (unpaired) electrons. The fourth-order valence-electron chi connectivity index (χ4n) is 2.61. The summed E-state index contributed by atoms with van der Waals surface area (Å²) in [5.74, 6) is 0.682. The zero-order chi connectivity index (χ0) is 13.0. The second kappa shape index (κ2) is 6.05. The third kappa shape index (κ3) is 3.13. The van der Waals surface area contributed by atoms with Crippen molar-refractivity contribution < 1.29 is 9.21 Å². The van der Waals surface area contributed by atoms with Crippen LogP contribution >= 0.6 is 0 Å². The first kappa shape index (κ1) is 13.1. The topological polar surface area (TPSA) is 54.3 Å². The minimum atomic E-state index is -0.00634. The first-order valence-corrected chi connectivity index (χ1v) is 6.79. The van der Waals surface area contributed by atoms with Crippen LogP contribution in [0.3, 0.4) is 0 Å². The third-order valence-electron chi connectivity index (χ3n) is 3.66. The lowest BCUT2D eigenvalue weighted by molar-refractivity contribution is 0.0923. The average Bonchev–Trinajstić information content (AvgIpc) is 2.78. The van der Waals surface area contributed by atoms with Crippen LogP contribution in [0, 0.1) is 6.92 Å². The van der Waals surface area contributed by atoms with Gasteiger partial charge in [-0.25, -0.2) is 0 Å². The number of furan rings is 1. The number of carbonyl (C=O) groups is 1. The van der Waals surface area contributed by atoms with Crippen LogP contribution in [-0.2, 0) is 0 Å². The zero-order valence-corrected chi connectivity index (χ0v) is 11.2. The number of rotatable bonds is 4. The minimum absolute atomic E-state index is 0.00634. The molecule has 4 nitrogen and oxygen atoms in total. The predicted molar refractivity (Wildman–Crippen MR) is 70.6 cm³/mol. The van der Waals surface area contributed by atoms with E-state index in [1.807, 2.05) is 6.92 Å². The smallest absolute Gasteiger partial charge is 0.255 e. The molecule has 2 N–H and O–H groups in total. The standard InChI is InChI=1S/C14H22N2O2/c1-3-15-11-4-6-12(7-5-11)16-14(17)13-8-9-18-10(13)2/h8-9,11-12,15H,3-7H2,1-2H3,(H,16,17). The Morgan fingerprint density at radius 1 is 1.33 bits per heavy atom. The van der Waals surface area contributed by atoms with Crippen LogP contribution in [0.4, 0.5) is 0 Å². The Morgan fingerprint density at radius 3 is 2.56 bits per heavy atom. The van der Waals surface area contributed by atoms with Crippen LogP contribution in [0.2, 0.25) is 0 Å². The van der Waals surface area contributed by atoms with E-state index < -0.39 is 0 Å². The minimum Gasteiger partial charge on any atom is -0.469 e. The third-order valence-corrected chi connectivity index (χ3v) is 3.66. The molecule has 0 atom stereocenters. The van der Waals surface area contributed by atoms with Gasteiger partial charge < -0.3 is 15.1 Å². The highest BCUT2D eigenvalue weighted by Crippen LogP contribution is 2.19. The van der Waals surface area contributed by atoms with Crippen molar-refractivity contribution >= 4 is 5.91 Å². The Kier molecular flexibility index (Phi) is 4.42. The molecule has 0 aromatic carbocycles. The summed E-state index contributed by atoms with van der Waals surface area (Å²) in [5, 5.41) is 6.57. The molecule has 1 heterocycles. The molecule has 4 heteroatoms. The van der Waals surface area contributed by atoms with E-state index in [0.29, 0.717) is 23.4 Å². The van der Waals surface area contributed by atoms with E-state index in [1.165, 1.54) is 0 Å². The Bertz CT molecular complexity index is 392. The number of amides is 1. The van der Waals surface area contributed by atoms with Crippen molar-refractivity contribution in [1.82, 2.24) is 10.6 Å². The predicted octanol–water partition coefficient (Wildman–Crippen LogP) is 2.24. The van der Waals surface area contributed by atoms with E-state index >= 15 is 0 Å². The van der Waals surface area contributed by atoms with Crippen molar-refractivity contribution in [3.63, 3.8) is 0 Å². The van der Waals surface area contributed by atoms with Crippen molar-refractivity contribution in [1.29, 1.82) is 0 Å². The van der Waals surface area contributed by atoms with Crippen LogP contribution in [0.15, 0.2) is 16.7 Å². The molecule has 18 heavy (non-hydrogen) atoms. The van der Waals surface area contributed by atoms with Gasteiger partial charge in [-0.3, -0.25) is 4.79 Å². The van der Waals surface area contributed by atoms with Crippen molar-refractivity contribution in [3.8, 4) is 0 Å². The molecule has 1 fully saturated rings. The molecule has 2 rings (SSSR count). The van der Waals surface area contributed by atoms with Gasteiger partial charge in [0.2, 0.25) is 0 Å². The van der Waals surface area contributed by atoms with Gasteiger partial charge in [-0.2, -0.15) is 0 Å². The molecule has 0 aliphatic heterocycles. The Morgan fingerprint density at radius 2 is 2.00 bits per heavy atom. The summed E-state index contributed by atoms with van der Waals surface area (Å²) in [6.45, 7) is 4.97. The lowest BCUT2D eigenvalue weighted by atomic mass is 9.91. The van der Waals surface area contributed by atoms with Crippen molar-refractivity contribution in [2.75, 3.05) is 6.54 Å². The van der Waals surface area contributed by atoms with Crippen LogP contribution in [-0.4, -0.2) is 24.5 Å². The average molecular weight is 250 g/mol. The molecule has 0 bridgehead atoms. The normalized spacial score (nSPS) is 23.9. The summed E-state index contributed by atoms with van der Waals surface area (Å²) < 4.78 is 5.15. The maximum absolute atomic E-state index is 12.0. The molecule has 1 aliphatic carbocycles. The van der Waals surface area contributed by atoms with Crippen molar-refractivity contribution in [2.24, 2.45) is 0 Å². The Labute approximate surface area is 108 Å². The van der Waals surface area contributed by atoms with Crippen LogP contribution in [0.25, 0.3) is 0 Å². The summed E-state index contributed by atoms with van der Waals surface area (Å²) in [6, 6.07) is 2.66. The van der Waals surface area contributed by atoms with Gasteiger partial charge >= 0.3 is 0 Å². The van der Waals surface area contributed by atoms with Gasteiger partial charge in [0.25, 0.3) is 5.91 Å². The molecule has 1 aromatic heterocycles. The van der Waals surface area contributed by atoms with E-state index in [0.717, 1.165) is 32.2 Å². The maximum atomic E-state index is 12.0. The molecule has 0 saturated heterocycles. The summed E-state index contributed by atoms with van der Waals surface area (Å²) >= 11 is 0. The fourth-order valence-corrected chi connectivity index (χ4v) is 2.61. The fraction of sp³-hybridized carbons (Fsp3) is 0.643. The summed E-state index contributed by atoms with van der Waals surface area (Å²) in [6.07, 6.45) is 5.96. The van der Waals surface area contributed by atoms with E-state index in [2.05, 4.69) is 17.6 Å². The van der Waals surface area contributed by atoms with Gasteiger partial charge in [0.1, 0.15) is 5.76 Å². The number of hydrogen-bond donors (Lipinski definition) is 2. The van der Waals surface area contributed by atoms with E-state index in [4.69, 9.17) is 4.42 Å². The summed E-state index contributed by atoms with van der Waals surface area (Å²) in [7, 11) is 0. The van der Waals surface area contributed by atoms with E-state index in [1.54, 1.807) is 12.3 Å². The van der Waals surface area contributed by atoms with E-state index in [9.17, 15) is 4.79 Å². The summed E-state index contributed by atoms with van der Waals surface area (Å²) in [4.78, 5) is 12.0. The van der Waals surface area contributed by atoms with Crippen molar-refractivity contribution in [2.45, 2.75) is 51.6 Å². The Balaban J connectivity index is 1.81. The molecule has 100 valence electrons. The van der Waals surface area contributed by atoms with Gasteiger partial charge in [0, 0.05) is 12.1 Å². The highest BCUT2D eigenvalue weighted by atomic mass is 16.3. The molecule has 0 unspecified atom stereocenters. The number of hydrogen-bond acceptors (Lipinski definition) is 3. The monoisotopic (exact) mass is 250 g/mol. The Hall–Kier alpha value is -1.29. The molecule has 1 aliphatic rings. The molecule has 1 aromatic rings. The number of nitrogens with one attached hydrogen (secondary N) is 2. The highest BCUT2D eigenvalue weighted by Gasteiger charge is 2.23. The van der Waals surface area contributed by atoms with Gasteiger partial charge in [-0.15, -0.1) is 0 Å². The highest BCUT2D eigenvalue weighted by molar-refractivity contribution is 5.95. The lowest BCUT2D eigenvalue weighted by Gasteiger charge is -2.29. The van der Waals surface area contributed by atoms with Gasteiger partial charge in [0.05, 0.1) is 11.8 Å². The maximum Gasteiger partial charge on any atom is 0.255 e. The van der Waals surface area contributed by atoms with Gasteiger partial charge in [0.15, 0.2) is 0 Å². The second-order valence-corrected chi connectivity index (χ2v) is 4.97. The number of carbonyl (C=O) groups excluding carboxylic acids is 1. The first-order chi connectivity index (χ1) is 8.70. The van der Waals surface area contributed by atoms with Gasteiger partial charge in [-0.05, 0) is 45.2 Å².